The van der Waals surface area contributed by atoms with E-state index in [2.05, 4.69) is 43.2 Å². The van der Waals surface area contributed by atoms with Crippen molar-refractivity contribution in [2.75, 3.05) is 38.6 Å². The Kier molecular flexibility index (Phi) is 7.06. The summed E-state index contributed by atoms with van der Waals surface area (Å²) in [7, 11) is 2.11. The topological polar surface area (TPSA) is 55.8 Å². The van der Waals surface area contributed by atoms with Crippen molar-refractivity contribution in [3.8, 4) is 0 Å². The fraction of sp³-hybridized carbons (Fsp3) is 0.632. The standard InChI is InChI=1S/C19H31N3O2/c1-4-16-14-17(7-6-15(16)2)20-19(24)22-11-8-18(9-12-22)21(3)10-5-13-23/h6-7,14,18,23H,4-5,8-13H2,1-3H3,(H,20,24). The van der Waals surface area contributed by atoms with E-state index >= 15 is 0 Å². The molecule has 1 fully saturated rings. The van der Waals surface area contributed by atoms with Gasteiger partial charge in [-0.15, -0.1) is 0 Å². The predicted molar refractivity (Wildman–Crippen MR) is 98.5 cm³/mol. The molecule has 2 rings (SSSR count). The molecule has 1 aliphatic rings. The summed E-state index contributed by atoms with van der Waals surface area (Å²) in [5.41, 5.74) is 3.42. The lowest BCUT2D eigenvalue weighted by molar-refractivity contribution is 0.134. The highest BCUT2D eigenvalue weighted by Gasteiger charge is 2.25. The maximum atomic E-state index is 12.5. The van der Waals surface area contributed by atoms with E-state index in [0.29, 0.717) is 6.04 Å². The SMILES string of the molecule is CCc1cc(NC(=O)N2CCC(N(C)CCCO)CC2)ccc1C. The molecular formula is C19H31N3O2. The van der Waals surface area contributed by atoms with Crippen LogP contribution in [0.25, 0.3) is 0 Å². The van der Waals surface area contributed by atoms with Crippen molar-refractivity contribution >= 4 is 11.7 Å². The first-order chi connectivity index (χ1) is 11.5. The second-order valence-electron chi connectivity index (χ2n) is 6.70. The van der Waals surface area contributed by atoms with E-state index in [9.17, 15) is 4.79 Å². The minimum atomic E-state index is -0.00244. The number of rotatable bonds is 6. The third-order valence-corrected chi connectivity index (χ3v) is 5.03. The largest absolute Gasteiger partial charge is 0.396 e. The van der Waals surface area contributed by atoms with Gasteiger partial charge in [-0.1, -0.05) is 13.0 Å². The van der Waals surface area contributed by atoms with E-state index in [4.69, 9.17) is 5.11 Å². The fourth-order valence-corrected chi connectivity index (χ4v) is 3.35. The van der Waals surface area contributed by atoms with E-state index in [1.807, 2.05) is 11.0 Å². The quantitative estimate of drug-likeness (QED) is 0.842. The van der Waals surface area contributed by atoms with Crippen LogP contribution in [0.3, 0.4) is 0 Å². The number of piperidine rings is 1. The maximum absolute atomic E-state index is 12.5. The predicted octanol–water partition coefficient (Wildman–Crippen LogP) is 2.87. The molecule has 134 valence electrons. The highest BCUT2D eigenvalue weighted by atomic mass is 16.3. The zero-order valence-corrected chi connectivity index (χ0v) is 15.2. The normalized spacial score (nSPS) is 15.8. The molecule has 0 unspecified atom stereocenters. The van der Waals surface area contributed by atoms with Gasteiger partial charge < -0.3 is 20.2 Å². The maximum Gasteiger partial charge on any atom is 0.321 e. The van der Waals surface area contributed by atoms with Crippen LogP contribution in [-0.4, -0.2) is 60.3 Å². The number of hydrogen-bond donors (Lipinski definition) is 2. The first-order valence-electron chi connectivity index (χ1n) is 9.01. The van der Waals surface area contributed by atoms with Crippen LogP contribution in [0.15, 0.2) is 18.2 Å². The third kappa shape index (κ3) is 4.95. The number of aliphatic hydroxyl groups excluding tert-OH is 1. The van der Waals surface area contributed by atoms with Gasteiger partial charge in [0.25, 0.3) is 0 Å². The molecule has 1 aromatic carbocycles. The van der Waals surface area contributed by atoms with Crippen molar-refractivity contribution < 1.29 is 9.90 Å². The molecule has 5 heteroatoms. The highest BCUT2D eigenvalue weighted by molar-refractivity contribution is 5.89. The Balaban J connectivity index is 1.84. The fourth-order valence-electron chi connectivity index (χ4n) is 3.35. The lowest BCUT2D eigenvalue weighted by atomic mass is 10.0. The van der Waals surface area contributed by atoms with Crippen molar-refractivity contribution in [1.29, 1.82) is 0 Å². The van der Waals surface area contributed by atoms with Crippen LogP contribution in [0.2, 0.25) is 0 Å². The number of nitrogens with zero attached hydrogens (tertiary/aromatic N) is 2. The molecule has 2 N–H and O–H groups in total. The monoisotopic (exact) mass is 333 g/mol. The molecule has 0 bridgehead atoms. The lowest BCUT2D eigenvalue weighted by Gasteiger charge is -2.36. The number of hydrogen-bond acceptors (Lipinski definition) is 3. The highest BCUT2D eigenvalue weighted by Crippen LogP contribution is 2.19. The number of nitrogens with one attached hydrogen (secondary N) is 1. The number of likely N-dealkylation sites (tertiary alicyclic amines) is 1. The Morgan fingerprint density at radius 2 is 2.08 bits per heavy atom. The summed E-state index contributed by atoms with van der Waals surface area (Å²) < 4.78 is 0. The van der Waals surface area contributed by atoms with E-state index in [0.717, 1.165) is 51.0 Å². The molecule has 2 amide bonds. The van der Waals surface area contributed by atoms with E-state index < -0.39 is 0 Å². The number of anilines is 1. The van der Waals surface area contributed by atoms with E-state index in [1.54, 1.807) is 0 Å². The van der Waals surface area contributed by atoms with E-state index in [1.165, 1.54) is 11.1 Å². The number of carbonyl (C=O) groups is 1. The Labute approximate surface area is 145 Å². The summed E-state index contributed by atoms with van der Waals surface area (Å²) in [6.45, 7) is 6.95. The van der Waals surface area contributed by atoms with Gasteiger partial charge in [0.1, 0.15) is 0 Å². The number of urea groups is 1. The molecule has 0 aliphatic carbocycles. The smallest absolute Gasteiger partial charge is 0.321 e. The molecule has 1 heterocycles. The Hall–Kier alpha value is -1.59. The summed E-state index contributed by atoms with van der Waals surface area (Å²) >= 11 is 0. The van der Waals surface area contributed by atoms with Gasteiger partial charge >= 0.3 is 6.03 Å². The molecule has 0 radical (unpaired) electrons. The van der Waals surface area contributed by atoms with Crippen LogP contribution in [0, 0.1) is 6.92 Å². The number of aliphatic hydroxyl groups is 1. The van der Waals surface area contributed by atoms with Gasteiger partial charge in [0.2, 0.25) is 0 Å². The molecule has 1 aromatic rings. The van der Waals surface area contributed by atoms with Gasteiger partial charge in [-0.2, -0.15) is 0 Å². The Bertz CT molecular complexity index is 539. The Morgan fingerprint density at radius 3 is 2.71 bits per heavy atom. The minimum Gasteiger partial charge on any atom is -0.396 e. The van der Waals surface area contributed by atoms with Gasteiger partial charge in [0.05, 0.1) is 0 Å². The van der Waals surface area contributed by atoms with Gasteiger partial charge in [0.15, 0.2) is 0 Å². The van der Waals surface area contributed by atoms with Crippen LogP contribution in [-0.2, 0) is 6.42 Å². The minimum absolute atomic E-state index is 0.00244. The molecule has 1 saturated heterocycles. The zero-order valence-electron chi connectivity index (χ0n) is 15.2. The summed E-state index contributed by atoms with van der Waals surface area (Å²) in [5, 5.41) is 12.0. The van der Waals surface area contributed by atoms with Crippen LogP contribution in [0.5, 0.6) is 0 Å². The van der Waals surface area contributed by atoms with Crippen molar-refractivity contribution in [1.82, 2.24) is 9.80 Å². The van der Waals surface area contributed by atoms with Crippen molar-refractivity contribution in [3.05, 3.63) is 29.3 Å². The lowest BCUT2D eigenvalue weighted by Crippen LogP contribution is -2.47. The average Bonchev–Trinajstić information content (AvgIpc) is 2.61. The summed E-state index contributed by atoms with van der Waals surface area (Å²) in [4.78, 5) is 16.7. The molecule has 0 saturated carbocycles. The molecule has 0 atom stereocenters. The summed E-state index contributed by atoms with van der Waals surface area (Å²) in [6.07, 6.45) is 3.76. The van der Waals surface area contributed by atoms with Gasteiger partial charge in [0, 0.05) is 38.0 Å². The molecule has 5 nitrogen and oxygen atoms in total. The molecule has 24 heavy (non-hydrogen) atoms. The first-order valence-corrected chi connectivity index (χ1v) is 9.01. The van der Waals surface area contributed by atoms with Crippen LogP contribution >= 0.6 is 0 Å². The molecule has 0 aromatic heterocycles. The summed E-state index contributed by atoms with van der Waals surface area (Å²) in [5.74, 6) is 0. The van der Waals surface area contributed by atoms with Crippen molar-refractivity contribution in [2.24, 2.45) is 0 Å². The van der Waals surface area contributed by atoms with Crippen molar-refractivity contribution in [2.45, 2.75) is 45.6 Å². The van der Waals surface area contributed by atoms with Crippen LogP contribution in [0.4, 0.5) is 10.5 Å². The zero-order chi connectivity index (χ0) is 17.5. The van der Waals surface area contributed by atoms with Gasteiger partial charge in [-0.25, -0.2) is 4.79 Å². The second-order valence-corrected chi connectivity index (χ2v) is 6.70. The number of aryl methyl sites for hydroxylation is 2. The molecule has 0 spiro atoms. The van der Waals surface area contributed by atoms with Crippen molar-refractivity contribution in [3.63, 3.8) is 0 Å². The van der Waals surface area contributed by atoms with Gasteiger partial charge in [-0.3, -0.25) is 0 Å². The number of benzene rings is 1. The average molecular weight is 333 g/mol. The first kappa shape index (κ1) is 18.7. The number of carbonyl (C=O) groups excluding carboxylic acids is 1. The molecule has 1 aliphatic heterocycles. The third-order valence-electron chi connectivity index (χ3n) is 5.03. The van der Waals surface area contributed by atoms with Gasteiger partial charge in [-0.05, 0) is 62.9 Å². The van der Waals surface area contributed by atoms with Crippen LogP contribution in [0.1, 0.15) is 37.3 Å². The van der Waals surface area contributed by atoms with Crippen LogP contribution < -0.4 is 5.32 Å². The summed E-state index contributed by atoms with van der Waals surface area (Å²) in [6, 6.07) is 6.62. The van der Waals surface area contributed by atoms with E-state index in [-0.39, 0.29) is 12.6 Å². The number of amides is 2. The molecular weight excluding hydrogens is 302 g/mol. The second kappa shape index (κ2) is 9.04. The Morgan fingerprint density at radius 1 is 1.38 bits per heavy atom.